The van der Waals surface area contributed by atoms with Gasteiger partial charge in [0.1, 0.15) is 11.6 Å². The molecular weight excluding hydrogens is 455 g/mol. The summed E-state index contributed by atoms with van der Waals surface area (Å²) in [7, 11) is 0. The number of amides is 1. The quantitative estimate of drug-likeness (QED) is 0.467. The molecule has 4 aromatic rings. The van der Waals surface area contributed by atoms with E-state index in [-0.39, 0.29) is 5.69 Å². The molecular formula is C22H18F3N5O2S. The Kier molecular flexibility index (Phi) is 5.98. The van der Waals surface area contributed by atoms with Crippen LogP contribution in [-0.4, -0.2) is 25.1 Å². The Bertz CT molecular complexity index is 1390. The molecule has 33 heavy (non-hydrogen) atoms. The number of nitrogens with zero attached hydrogens (tertiary/aromatic N) is 4. The maximum absolute atomic E-state index is 12.7. The number of nitrogens with one attached hydrogen (secondary N) is 1. The Hall–Kier alpha value is -3.60. The van der Waals surface area contributed by atoms with E-state index in [0.717, 1.165) is 45.0 Å². The van der Waals surface area contributed by atoms with Crippen LogP contribution in [-0.2, 0) is 17.5 Å². The van der Waals surface area contributed by atoms with Gasteiger partial charge in [-0.15, -0.1) is 5.10 Å². The molecule has 0 saturated heterocycles. The second-order valence-electron chi connectivity index (χ2n) is 7.36. The van der Waals surface area contributed by atoms with Crippen LogP contribution in [0.2, 0.25) is 0 Å². The van der Waals surface area contributed by atoms with Gasteiger partial charge < -0.3 is 5.32 Å². The van der Waals surface area contributed by atoms with Crippen LogP contribution in [0.15, 0.2) is 69.6 Å². The summed E-state index contributed by atoms with van der Waals surface area (Å²) in [5.41, 5.74) is 1.31. The first kappa shape index (κ1) is 22.6. The number of benzene rings is 2. The van der Waals surface area contributed by atoms with Crippen LogP contribution >= 0.6 is 11.8 Å². The minimum atomic E-state index is -4.47. The van der Waals surface area contributed by atoms with Crippen LogP contribution in [0.1, 0.15) is 16.7 Å². The first-order valence-electron chi connectivity index (χ1n) is 9.78. The number of hydrogen-bond acceptors (Lipinski definition) is 5. The number of rotatable bonds is 5. The average Bonchev–Trinajstić information content (AvgIpc) is 3.06. The van der Waals surface area contributed by atoms with Crippen molar-refractivity contribution in [2.45, 2.75) is 36.5 Å². The van der Waals surface area contributed by atoms with E-state index in [4.69, 9.17) is 0 Å². The highest BCUT2D eigenvalue weighted by atomic mass is 32.2. The fourth-order valence-corrected chi connectivity index (χ4v) is 4.11. The highest BCUT2D eigenvalue weighted by Crippen LogP contribution is 2.31. The Balaban J connectivity index is 1.55. The lowest BCUT2D eigenvalue weighted by molar-refractivity contribution is -0.137. The van der Waals surface area contributed by atoms with Gasteiger partial charge in [0.2, 0.25) is 5.91 Å². The molecule has 11 heteroatoms. The molecule has 0 fully saturated rings. The van der Waals surface area contributed by atoms with Crippen molar-refractivity contribution in [2.24, 2.45) is 0 Å². The molecule has 7 nitrogen and oxygen atoms in total. The van der Waals surface area contributed by atoms with Crippen molar-refractivity contribution >= 4 is 29.0 Å². The number of anilines is 1. The number of carbonyl (C=O) groups is 1. The third-order valence-corrected chi connectivity index (χ3v) is 5.96. The molecule has 0 spiro atoms. The Labute approximate surface area is 190 Å². The van der Waals surface area contributed by atoms with Gasteiger partial charge in [0.05, 0.1) is 5.56 Å². The summed E-state index contributed by atoms with van der Waals surface area (Å²) in [5, 5.41) is 7.23. The van der Waals surface area contributed by atoms with Crippen LogP contribution in [0.3, 0.4) is 0 Å². The maximum atomic E-state index is 12.7. The minimum Gasteiger partial charge on any atom is -0.324 e. The van der Waals surface area contributed by atoms with Gasteiger partial charge in [-0.1, -0.05) is 29.5 Å². The van der Waals surface area contributed by atoms with Gasteiger partial charge in [0.25, 0.3) is 0 Å². The molecule has 0 bridgehead atoms. The number of alkyl halides is 3. The van der Waals surface area contributed by atoms with Crippen molar-refractivity contribution in [2.75, 3.05) is 5.32 Å². The normalized spacial score (nSPS) is 11.7. The summed E-state index contributed by atoms with van der Waals surface area (Å²) in [6.45, 7) is 3.57. The number of hydrogen-bond donors (Lipinski definition) is 1. The molecule has 0 aliphatic heterocycles. The number of halogens is 3. The van der Waals surface area contributed by atoms with Crippen molar-refractivity contribution in [3.8, 4) is 0 Å². The molecule has 0 unspecified atom stereocenters. The van der Waals surface area contributed by atoms with Crippen molar-refractivity contribution in [3.05, 3.63) is 82.0 Å². The van der Waals surface area contributed by atoms with E-state index < -0.39 is 29.9 Å². The lowest BCUT2D eigenvalue weighted by atomic mass is 10.2. The summed E-state index contributed by atoms with van der Waals surface area (Å²) in [5.74, 6) is -0.600. The Morgan fingerprint density at radius 2 is 1.85 bits per heavy atom. The Morgan fingerprint density at radius 3 is 2.52 bits per heavy atom. The zero-order chi connectivity index (χ0) is 23.8. The van der Waals surface area contributed by atoms with Gasteiger partial charge in [0.15, 0.2) is 5.65 Å². The fraction of sp³-hybridized carbons (Fsp3) is 0.182. The zero-order valence-corrected chi connectivity index (χ0v) is 18.4. The number of fused-ring (bicyclic) bond motifs is 1. The summed E-state index contributed by atoms with van der Waals surface area (Å²) in [4.78, 5) is 30.4. The van der Waals surface area contributed by atoms with Gasteiger partial charge >= 0.3 is 11.9 Å². The van der Waals surface area contributed by atoms with E-state index in [1.54, 1.807) is 0 Å². The van der Waals surface area contributed by atoms with E-state index >= 15 is 0 Å². The second kappa shape index (κ2) is 8.74. The van der Waals surface area contributed by atoms with Crippen molar-refractivity contribution in [3.63, 3.8) is 0 Å². The summed E-state index contributed by atoms with van der Waals surface area (Å²) in [6, 6.07) is 10.0. The summed E-state index contributed by atoms with van der Waals surface area (Å²) < 4.78 is 40.3. The standard InChI is InChI=1S/C22H18F3N5O2S/c1-13-3-8-17(14(2)11-13)33-20-19-28-30(21(32)29(19)10-9-26-20)12-18(31)27-16-6-4-15(5-7-16)22(23,24)25/h3-11H,12H2,1-2H3,(H,27,31). The van der Waals surface area contributed by atoms with Gasteiger partial charge in [0, 0.05) is 23.0 Å². The monoisotopic (exact) mass is 473 g/mol. The molecule has 170 valence electrons. The number of aromatic nitrogens is 4. The fourth-order valence-electron chi connectivity index (χ4n) is 3.20. The lowest BCUT2D eigenvalue weighted by Crippen LogP contribution is -2.28. The first-order chi connectivity index (χ1) is 15.6. The SMILES string of the molecule is Cc1ccc(Sc2nccn3c(=O)n(CC(=O)Nc4ccc(C(F)(F)F)cc4)nc23)c(C)c1. The van der Waals surface area contributed by atoms with Crippen LogP contribution in [0, 0.1) is 13.8 Å². The van der Waals surface area contributed by atoms with E-state index in [0.29, 0.717) is 10.7 Å². The predicted molar refractivity (Wildman–Crippen MR) is 117 cm³/mol. The van der Waals surface area contributed by atoms with Crippen LogP contribution in [0.4, 0.5) is 18.9 Å². The van der Waals surface area contributed by atoms with E-state index in [1.165, 1.54) is 28.6 Å². The smallest absolute Gasteiger partial charge is 0.324 e. The van der Waals surface area contributed by atoms with Crippen molar-refractivity contribution in [1.82, 2.24) is 19.2 Å². The third kappa shape index (κ3) is 4.92. The molecule has 0 atom stereocenters. The maximum Gasteiger partial charge on any atom is 0.416 e. The van der Waals surface area contributed by atoms with Gasteiger partial charge in [-0.3, -0.25) is 4.79 Å². The number of aryl methyl sites for hydroxylation is 2. The largest absolute Gasteiger partial charge is 0.416 e. The third-order valence-electron chi connectivity index (χ3n) is 4.80. The van der Waals surface area contributed by atoms with Crippen molar-refractivity contribution in [1.29, 1.82) is 0 Å². The molecule has 0 aliphatic rings. The van der Waals surface area contributed by atoms with Crippen molar-refractivity contribution < 1.29 is 18.0 Å². The molecule has 4 rings (SSSR count). The molecule has 1 amide bonds. The molecule has 2 heterocycles. The molecule has 2 aromatic heterocycles. The minimum absolute atomic E-state index is 0.178. The van der Waals surface area contributed by atoms with Gasteiger partial charge in [-0.05, 0) is 49.7 Å². The average molecular weight is 473 g/mol. The molecule has 0 saturated carbocycles. The van der Waals surface area contributed by atoms with E-state index in [9.17, 15) is 22.8 Å². The van der Waals surface area contributed by atoms with Crippen LogP contribution in [0.5, 0.6) is 0 Å². The van der Waals surface area contributed by atoms with Gasteiger partial charge in [-0.25, -0.2) is 18.9 Å². The summed E-state index contributed by atoms with van der Waals surface area (Å²) in [6.07, 6.45) is -1.52. The zero-order valence-electron chi connectivity index (χ0n) is 17.6. The number of carbonyl (C=O) groups excluding carboxylic acids is 1. The summed E-state index contributed by atoms with van der Waals surface area (Å²) >= 11 is 1.36. The molecule has 1 N–H and O–H groups in total. The lowest BCUT2D eigenvalue weighted by Gasteiger charge is -2.08. The molecule has 0 aliphatic carbocycles. The predicted octanol–water partition coefficient (Wildman–Crippen LogP) is 4.32. The van der Waals surface area contributed by atoms with Crippen LogP contribution < -0.4 is 11.0 Å². The topological polar surface area (TPSA) is 81.3 Å². The molecule has 2 aromatic carbocycles. The Morgan fingerprint density at radius 1 is 1.12 bits per heavy atom. The highest BCUT2D eigenvalue weighted by molar-refractivity contribution is 7.99. The second-order valence-corrected chi connectivity index (χ2v) is 8.39. The van der Waals surface area contributed by atoms with Gasteiger partial charge in [-0.2, -0.15) is 13.2 Å². The molecule has 0 radical (unpaired) electrons. The van der Waals surface area contributed by atoms with E-state index in [1.807, 2.05) is 32.0 Å². The highest BCUT2D eigenvalue weighted by Gasteiger charge is 2.30. The van der Waals surface area contributed by atoms with Crippen LogP contribution in [0.25, 0.3) is 5.65 Å². The first-order valence-corrected chi connectivity index (χ1v) is 10.6. The van der Waals surface area contributed by atoms with E-state index in [2.05, 4.69) is 15.4 Å².